The molecule has 0 bridgehead atoms. The van der Waals surface area contributed by atoms with Crippen LogP contribution in [0.3, 0.4) is 0 Å². The van der Waals surface area contributed by atoms with E-state index >= 15 is 0 Å². The zero-order valence-corrected chi connectivity index (χ0v) is 13.9. The quantitative estimate of drug-likeness (QED) is 0.770. The Morgan fingerprint density at radius 1 is 1.20 bits per heavy atom. The van der Waals surface area contributed by atoms with Crippen LogP contribution in [-0.2, 0) is 0 Å². The first-order valence-corrected chi connectivity index (χ1v) is 8.47. The van der Waals surface area contributed by atoms with Gasteiger partial charge in [-0.05, 0) is 42.3 Å². The summed E-state index contributed by atoms with van der Waals surface area (Å²) >= 11 is 0. The van der Waals surface area contributed by atoms with E-state index in [2.05, 4.69) is 16.0 Å². The molecule has 3 aromatic rings. The van der Waals surface area contributed by atoms with Gasteiger partial charge in [-0.2, -0.15) is 0 Å². The summed E-state index contributed by atoms with van der Waals surface area (Å²) in [5, 5.41) is 0. The van der Waals surface area contributed by atoms with E-state index in [0.29, 0.717) is 24.6 Å². The highest BCUT2D eigenvalue weighted by Gasteiger charge is 2.31. The molecule has 1 atom stereocenters. The van der Waals surface area contributed by atoms with Crippen LogP contribution in [0.25, 0.3) is 11.3 Å². The molecular formula is C20H20N4O. The van der Waals surface area contributed by atoms with Crippen molar-refractivity contribution in [2.45, 2.75) is 12.3 Å². The molecular weight excluding hydrogens is 312 g/mol. The van der Waals surface area contributed by atoms with Gasteiger partial charge >= 0.3 is 0 Å². The smallest absolute Gasteiger partial charge is 0.258 e. The van der Waals surface area contributed by atoms with Gasteiger partial charge in [0.25, 0.3) is 5.91 Å². The van der Waals surface area contributed by atoms with E-state index in [9.17, 15) is 4.79 Å². The van der Waals surface area contributed by atoms with E-state index in [4.69, 9.17) is 5.73 Å². The third kappa shape index (κ3) is 2.83. The van der Waals surface area contributed by atoms with Gasteiger partial charge < -0.3 is 15.6 Å². The Balaban J connectivity index is 1.61. The fraction of sp³-hybridized carbons (Fsp3) is 0.200. The molecule has 0 aliphatic carbocycles. The zero-order chi connectivity index (χ0) is 17.2. The van der Waals surface area contributed by atoms with Gasteiger partial charge in [0.2, 0.25) is 0 Å². The van der Waals surface area contributed by atoms with Crippen molar-refractivity contribution in [2.24, 2.45) is 5.73 Å². The van der Waals surface area contributed by atoms with Crippen molar-refractivity contribution in [1.29, 1.82) is 0 Å². The number of hydrogen-bond donors (Lipinski definition) is 2. The number of nitrogens with two attached hydrogens (primary N) is 1. The Bertz CT molecular complexity index is 871. The van der Waals surface area contributed by atoms with Crippen LogP contribution in [0.15, 0.2) is 61.1 Å². The molecule has 25 heavy (non-hydrogen) atoms. The number of aromatic nitrogens is 2. The van der Waals surface area contributed by atoms with E-state index in [1.54, 1.807) is 12.5 Å². The minimum atomic E-state index is 0.0307. The first-order chi connectivity index (χ1) is 12.3. The van der Waals surface area contributed by atoms with Gasteiger partial charge in [-0.25, -0.2) is 4.98 Å². The normalized spacial score (nSPS) is 16.0. The monoisotopic (exact) mass is 332 g/mol. The largest absolute Gasteiger partial charge is 0.345 e. The van der Waals surface area contributed by atoms with Crippen molar-refractivity contribution in [3.63, 3.8) is 0 Å². The van der Waals surface area contributed by atoms with Crippen LogP contribution in [0, 0.1) is 0 Å². The Labute approximate surface area is 146 Å². The highest BCUT2D eigenvalue weighted by Crippen LogP contribution is 2.38. The molecule has 126 valence electrons. The number of carbonyl (C=O) groups excluding carboxylic acids is 1. The molecule has 5 nitrogen and oxygen atoms in total. The number of amides is 1. The predicted molar refractivity (Wildman–Crippen MR) is 98.6 cm³/mol. The lowest BCUT2D eigenvalue weighted by Crippen LogP contribution is -2.30. The van der Waals surface area contributed by atoms with Gasteiger partial charge in [-0.15, -0.1) is 0 Å². The minimum Gasteiger partial charge on any atom is -0.345 e. The molecule has 1 aliphatic rings. The predicted octanol–water partition coefficient (Wildman–Crippen LogP) is 3.17. The summed E-state index contributed by atoms with van der Waals surface area (Å²) in [5.41, 5.74) is 10.6. The van der Waals surface area contributed by atoms with Crippen molar-refractivity contribution >= 4 is 11.6 Å². The molecule has 2 aromatic carbocycles. The summed E-state index contributed by atoms with van der Waals surface area (Å²) in [6.45, 7) is 1.32. The van der Waals surface area contributed by atoms with Gasteiger partial charge in [0.05, 0.1) is 18.2 Å². The van der Waals surface area contributed by atoms with E-state index in [-0.39, 0.29) is 5.91 Å². The maximum Gasteiger partial charge on any atom is 0.258 e. The van der Waals surface area contributed by atoms with Crippen molar-refractivity contribution in [1.82, 2.24) is 9.97 Å². The fourth-order valence-electron chi connectivity index (χ4n) is 3.50. The molecule has 3 N–H and O–H groups in total. The molecule has 0 fully saturated rings. The number of rotatable bonds is 4. The maximum absolute atomic E-state index is 13.0. The molecule has 0 spiro atoms. The van der Waals surface area contributed by atoms with E-state index < -0.39 is 0 Å². The Kier molecular flexibility index (Phi) is 4.07. The first-order valence-electron chi connectivity index (χ1n) is 8.47. The molecule has 1 unspecified atom stereocenters. The lowest BCUT2D eigenvalue weighted by Gasteiger charge is -2.18. The Morgan fingerprint density at radius 3 is 2.72 bits per heavy atom. The number of imidazole rings is 1. The van der Waals surface area contributed by atoms with Crippen molar-refractivity contribution in [3.05, 3.63) is 72.2 Å². The number of para-hydroxylation sites is 1. The summed E-state index contributed by atoms with van der Waals surface area (Å²) < 4.78 is 0. The number of H-pyrrole nitrogens is 1. The number of aromatic amines is 1. The lowest BCUT2D eigenvalue weighted by atomic mass is 9.98. The molecule has 4 rings (SSSR count). The van der Waals surface area contributed by atoms with Crippen molar-refractivity contribution in [3.8, 4) is 11.3 Å². The number of anilines is 1. The van der Waals surface area contributed by atoms with Crippen LogP contribution in [0.4, 0.5) is 5.69 Å². The second-order valence-corrected chi connectivity index (χ2v) is 6.29. The third-order valence-corrected chi connectivity index (χ3v) is 4.77. The molecule has 5 heteroatoms. The van der Waals surface area contributed by atoms with E-state index in [0.717, 1.165) is 23.4 Å². The minimum absolute atomic E-state index is 0.0307. The summed E-state index contributed by atoms with van der Waals surface area (Å²) in [6.07, 6.45) is 4.30. The second-order valence-electron chi connectivity index (χ2n) is 6.29. The van der Waals surface area contributed by atoms with Crippen molar-refractivity contribution in [2.75, 3.05) is 18.0 Å². The highest BCUT2D eigenvalue weighted by atomic mass is 16.2. The number of carbonyl (C=O) groups is 1. The highest BCUT2D eigenvalue weighted by molar-refractivity contribution is 6.07. The SMILES string of the molecule is NCCC1CN(C(=O)c2ccc(-c3cnc[nH]3)cc2)c2ccccc21. The van der Waals surface area contributed by atoms with Crippen LogP contribution >= 0.6 is 0 Å². The maximum atomic E-state index is 13.0. The molecule has 1 aliphatic heterocycles. The summed E-state index contributed by atoms with van der Waals surface area (Å²) in [6, 6.07) is 15.8. The number of nitrogens with one attached hydrogen (secondary N) is 1. The molecule has 0 saturated carbocycles. The lowest BCUT2D eigenvalue weighted by molar-refractivity contribution is 0.0988. The third-order valence-electron chi connectivity index (χ3n) is 4.77. The van der Waals surface area contributed by atoms with Gasteiger partial charge in [0.15, 0.2) is 0 Å². The Morgan fingerprint density at radius 2 is 2.00 bits per heavy atom. The topological polar surface area (TPSA) is 75.0 Å². The molecule has 0 saturated heterocycles. The van der Waals surface area contributed by atoms with Crippen LogP contribution in [0.2, 0.25) is 0 Å². The van der Waals surface area contributed by atoms with Crippen LogP contribution in [0.1, 0.15) is 28.3 Å². The summed E-state index contributed by atoms with van der Waals surface area (Å²) in [4.78, 5) is 22.0. The Hall–Kier alpha value is -2.92. The van der Waals surface area contributed by atoms with E-state index in [1.165, 1.54) is 5.56 Å². The van der Waals surface area contributed by atoms with Gasteiger partial charge in [0, 0.05) is 23.7 Å². The molecule has 2 heterocycles. The van der Waals surface area contributed by atoms with Crippen LogP contribution in [0.5, 0.6) is 0 Å². The molecule has 0 radical (unpaired) electrons. The second kappa shape index (κ2) is 6.53. The van der Waals surface area contributed by atoms with Gasteiger partial charge in [-0.3, -0.25) is 4.79 Å². The number of nitrogens with zero attached hydrogens (tertiary/aromatic N) is 2. The first kappa shape index (κ1) is 15.6. The zero-order valence-electron chi connectivity index (χ0n) is 13.9. The standard InChI is InChI=1S/C20H20N4O/c21-10-9-16-12-24(19-4-2-1-3-17(16)19)20(25)15-7-5-14(6-8-15)18-11-22-13-23-18/h1-8,11,13,16H,9-10,12,21H2,(H,22,23). The number of benzene rings is 2. The molecule has 1 amide bonds. The average molecular weight is 332 g/mol. The summed E-state index contributed by atoms with van der Waals surface area (Å²) in [7, 11) is 0. The summed E-state index contributed by atoms with van der Waals surface area (Å²) in [5.74, 6) is 0.345. The number of fused-ring (bicyclic) bond motifs is 1. The van der Waals surface area contributed by atoms with Crippen molar-refractivity contribution < 1.29 is 4.79 Å². The van der Waals surface area contributed by atoms with E-state index in [1.807, 2.05) is 47.4 Å². The van der Waals surface area contributed by atoms with Gasteiger partial charge in [-0.1, -0.05) is 30.3 Å². The van der Waals surface area contributed by atoms with Crippen LogP contribution < -0.4 is 10.6 Å². The average Bonchev–Trinajstić information content (AvgIpc) is 3.31. The van der Waals surface area contributed by atoms with Crippen LogP contribution in [-0.4, -0.2) is 29.0 Å². The fourth-order valence-corrected chi connectivity index (χ4v) is 3.50. The number of hydrogen-bond acceptors (Lipinski definition) is 3. The molecule has 1 aromatic heterocycles. The van der Waals surface area contributed by atoms with Gasteiger partial charge in [0.1, 0.15) is 0 Å².